The average molecular weight is 406 g/mol. The topological polar surface area (TPSA) is 80.8 Å². The van der Waals surface area contributed by atoms with Crippen LogP contribution in [0.5, 0.6) is 5.75 Å². The van der Waals surface area contributed by atoms with E-state index >= 15 is 0 Å². The van der Waals surface area contributed by atoms with Crippen molar-refractivity contribution in [2.24, 2.45) is 0 Å². The smallest absolute Gasteiger partial charge is 0.272 e. The minimum absolute atomic E-state index is 0.0810. The van der Waals surface area contributed by atoms with Gasteiger partial charge >= 0.3 is 0 Å². The molecule has 5 rings (SSSR count). The van der Waals surface area contributed by atoms with E-state index in [1.165, 1.54) is 6.26 Å². The molecular weight excluding hydrogens is 384 g/mol. The Morgan fingerprint density at radius 3 is 2.57 bits per heavy atom. The molecule has 0 bridgehead atoms. The van der Waals surface area contributed by atoms with Gasteiger partial charge in [0.2, 0.25) is 0 Å². The van der Waals surface area contributed by atoms with E-state index < -0.39 is 5.66 Å². The number of fused-ring (bicyclic) bond motifs is 2. The normalized spacial score (nSPS) is 20.3. The van der Waals surface area contributed by atoms with Crippen LogP contribution < -0.4 is 4.74 Å². The summed E-state index contributed by atoms with van der Waals surface area (Å²) in [5.41, 5.74) is 2.48. The third-order valence-corrected chi connectivity index (χ3v) is 6.26. The predicted molar refractivity (Wildman–Crippen MR) is 107 cm³/mol. The Morgan fingerprint density at radius 1 is 1.13 bits per heavy atom. The zero-order valence-electron chi connectivity index (χ0n) is 17.1. The number of rotatable bonds is 3. The van der Waals surface area contributed by atoms with Crippen LogP contribution in [-0.2, 0) is 12.2 Å². The van der Waals surface area contributed by atoms with Crippen molar-refractivity contribution in [2.45, 2.75) is 26.1 Å². The fourth-order valence-corrected chi connectivity index (χ4v) is 4.65. The van der Waals surface area contributed by atoms with Gasteiger partial charge in [0.05, 0.1) is 19.3 Å². The van der Waals surface area contributed by atoms with Crippen molar-refractivity contribution in [3.05, 3.63) is 70.9 Å². The summed E-state index contributed by atoms with van der Waals surface area (Å²) in [5.74, 6) is 0.433. The molecule has 154 valence electrons. The number of hydrogen-bond donors (Lipinski definition) is 0. The van der Waals surface area contributed by atoms with E-state index in [4.69, 9.17) is 9.26 Å². The molecule has 3 aromatic rings. The third-order valence-electron chi connectivity index (χ3n) is 6.26. The van der Waals surface area contributed by atoms with Crippen LogP contribution in [0.25, 0.3) is 0 Å². The highest BCUT2D eigenvalue weighted by Gasteiger charge is 2.56. The summed E-state index contributed by atoms with van der Waals surface area (Å²) in [6.45, 7) is 5.04. The zero-order valence-corrected chi connectivity index (χ0v) is 17.1. The van der Waals surface area contributed by atoms with Gasteiger partial charge in [-0.1, -0.05) is 17.3 Å². The first kappa shape index (κ1) is 18.5. The second-order valence-electron chi connectivity index (χ2n) is 7.72. The summed E-state index contributed by atoms with van der Waals surface area (Å²) in [6.07, 6.45) is 1.37. The first-order chi connectivity index (χ1) is 14.5. The zero-order chi connectivity index (χ0) is 21.0. The lowest BCUT2D eigenvalue weighted by atomic mass is 9.93. The van der Waals surface area contributed by atoms with Crippen molar-refractivity contribution in [1.82, 2.24) is 19.5 Å². The molecule has 0 radical (unpaired) electrons. The maximum Gasteiger partial charge on any atom is 0.272 e. The second-order valence-corrected chi connectivity index (χ2v) is 7.72. The minimum atomic E-state index is -0.944. The minimum Gasteiger partial charge on any atom is -0.497 e. The molecule has 1 unspecified atom stereocenters. The molecule has 4 heterocycles. The largest absolute Gasteiger partial charge is 0.497 e. The number of ether oxygens (including phenoxy) is 1. The third kappa shape index (κ3) is 2.36. The molecule has 2 aliphatic heterocycles. The number of benzene rings is 1. The van der Waals surface area contributed by atoms with E-state index in [0.29, 0.717) is 42.3 Å². The van der Waals surface area contributed by atoms with Crippen molar-refractivity contribution in [1.29, 1.82) is 0 Å². The lowest BCUT2D eigenvalue weighted by Crippen LogP contribution is -2.60. The number of aryl methyl sites for hydroxylation is 2. The van der Waals surface area contributed by atoms with Gasteiger partial charge in [0.15, 0.2) is 5.66 Å². The summed E-state index contributed by atoms with van der Waals surface area (Å²) in [6, 6.07) is 11.4. The van der Waals surface area contributed by atoms with Gasteiger partial charge in [-0.2, -0.15) is 0 Å². The van der Waals surface area contributed by atoms with E-state index in [1.54, 1.807) is 18.9 Å². The van der Waals surface area contributed by atoms with Crippen molar-refractivity contribution in [3.8, 4) is 5.75 Å². The Balaban J connectivity index is 1.70. The number of carbonyl (C=O) groups is 2. The van der Waals surface area contributed by atoms with Crippen LogP contribution in [0.3, 0.4) is 0 Å². The molecule has 0 N–H and O–H groups in total. The Hall–Kier alpha value is -3.55. The second kappa shape index (κ2) is 6.48. The van der Waals surface area contributed by atoms with Crippen LogP contribution in [0, 0.1) is 13.8 Å². The quantitative estimate of drug-likeness (QED) is 0.668. The summed E-state index contributed by atoms with van der Waals surface area (Å²) in [4.78, 5) is 30.6. The molecule has 30 heavy (non-hydrogen) atoms. The van der Waals surface area contributed by atoms with E-state index in [0.717, 1.165) is 11.3 Å². The van der Waals surface area contributed by atoms with E-state index in [2.05, 4.69) is 5.16 Å². The van der Waals surface area contributed by atoms with Gasteiger partial charge in [0.25, 0.3) is 11.8 Å². The molecule has 2 amide bonds. The summed E-state index contributed by atoms with van der Waals surface area (Å²) < 4.78 is 12.3. The fraction of sp³-hybridized carbons (Fsp3) is 0.318. The molecule has 0 spiro atoms. The Bertz CT molecular complexity index is 1150. The number of carbonyl (C=O) groups excluding carboxylic acids is 2. The first-order valence-corrected chi connectivity index (χ1v) is 9.83. The van der Waals surface area contributed by atoms with Gasteiger partial charge in [-0.25, -0.2) is 0 Å². The Labute approximate surface area is 173 Å². The molecule has 1 saturated heterocycles. The first-order valence-electron chi connectivity index (χ1n) is 9.83. The average Bonchev–Trinajstić information content (AvgIpc) is 3.46. The molecule has 1 aromatic carbocycles. The van der Waals surface area contributed by atoms with Crippen molar-refractivity contribution < 1.29 is 18.8 Å². The summed E-state index contributed by atoms with van der Waals surface area (Å²) in [5, 5.41) is 3.86. The van der Waals surface area contributed by atoms with Crippen LogP contribution in [0.4, 0.5) is 0 Å². The molecule has 0 saturated carbocycles. The Kier molecular flexibility index (Phi) is 3.99. The molecule has 2 aliphatic rings. The number of aromatic nitrogens is 2. The highest BCUT2D eigenvalue weighted by atomic mass is 16.5. The van der Waals surface area contributed by atoms with Crippen molar-refractivity contribution in [3.63, 3.8) is 0 Å². The highest BCUT2D eigenvalue weighted by molar-refractivity contribution is 5.99. The maximum atomic E-state index is 13.6. The lowest BCUT2D eigenvalue weighted by Gasteiger charge is -2.47. The van der Waals surface area contributed by atoms with Crippen molar-refractivity contribution >= 4 is 11.8 Å². The van der Waals surface area contributed by atoms with Crippen molar-refractivity contribution in [2.75, 3.05) is 20.2 Å². The van der Waals surface area contributed by atoms with Gasteiger partial charge in [0.1, 0.15) is 23.3 Å². The molecular formula is C22H22N4O4. The fourth-order valence-electron chi connectivity index (χ4n) is 4.65. The van der Waals surface area contributed by atoms with Crippen LogP contribution in [0.15, 0.2) is 47.2 Å². The van der Waals surface area contributed by atoms with Gasteiger partial charge in [-0.05, 0) is 38.1 Å². The number of methoxy groups -OCH3 is 1. The molecule has 1 atom stereocenters. The SMILES string of the molecule is COc1ccc(C23Cn4c(C)ccc4C(=O)N2CCN3C(=O)c2conc2C)cc1. The predicted octanol–water partition coefficient (Wildman–Crippen LogP) is 2.57. The summed E-state index contributed by atoms with van der Waals surface area (Å²) in [7, 11) is 1.61. The van der Waals surface area contributed by atoms with Gasteiger partial charge < -0.3 is 23.6 Å². The van der Waals surface area contributed by atoms with E-state index in [-0.39, 0.29) is 11.8 Å². The molecule has 8 heteroatoms. The molecule has 2 aromatic heterocycles. The Morgan fingerprint density at radius 2 is 1.90 bits per heavy atom. The number of hydrogen-bond acceptors (Lipinski definition) is 5. The van der Waals surface area contributed by atoms with Gasteiger partial charge in [0, 0.05) is 24.3 Å². The van der Waals surface area contributed by atoms with Crippen LogP contribution in [-0.4, -0.2) is 51.5 Å². The van der Waals surface area contributed by atoms with E-state index in [9.17, 15) is 9.59 Å². The summed E-state index contributed by atoms with van der Waals surface area (Å²) >= 11 is 0. The number of amides is 2. The maximum absolute atomic E-state index is 13.6. The lowest BCUT2D eigenvalue weighted by molar-refractivity contribution is -0.00636. The number of nitrogens with zero attached hydrogens (tertiary/aromatic N) is 4. The van der Waals surface area contributed by atoms with Crippen LogP contribution in [0.1, 0.15) is 37.8 Å². The monoisotopic (exact) mass is 406 g/mol. The molecule has 0 aliphatic carbocycles. The molecule has 8 nitrogen and oxygen atoms in total. The highest BCUT2D eigenvalue weighted by Crippen LogP contribution is 2.44. The van der Waals surface area contributed by atoms with Crippen LogP contribution in [0.2, 0.25) is 0 Å². The van der Waals surface area contributed by atoms with Crippen LogP contribution >= 0.6 is 0 Å². The van der Waals surface area contributed by atoms with E-state index in [1.807, 2.05) is 52.8 Å². The van der Waals surface area contributed by atoms with Gasteiger partial charge in [-0.3, -0.25) is 9.59 Å². The van der Waals surface area contributed by atoms with Gasteiger partial charge in [-0.15, -0.1) is 0 Å². The molecule has 1 fully saturated rings. The standard InChI is InChI=1S/C22H22N4O4/c1-14-4-9-19-21(28)26-11-10-25(20(27)18-12-30-23-15(18)2)22(26,13-24(14)19)16-5-7-17(29-3)8-6-16/h4-9,12H,10-11,13H2,1-3H3.